The maximum absolute atomic E-state index is 6.11. The summed E-state index contributed by atoms with van der Waals surface area (Å²) >= 11 is 6.11. The second-order valence-electron chi connectivity index (χ2n) is 6.04. The number of nitrogens with zero attached hydrogens (tertiary/aromatic N) is 2. The van der Waals surface area contributed by atoms with Crippen LogP contribution in [0, 0.1) is 0 Å². The fourth-order valence-electron chi connectivity index (χ4n) is 3.46. The van der Waals surface area contributed by atoms with Gasteiger partial charge in [0.25, 0.3) is 0 Å². The molecule has 1 atom stereocenters. The molecule has 2 aliphatic heterocycles. The number of hydrogen-bond acceptors (Lipinski definition) is 4. The van der Waals surface area contributed by atoms with E-state index in [-0.39, 0.29) is 0 Å². The van der Waals surface area contributed by atoms with Crippen LogP contribution in [-0.4, -0.2) is 42.4 Å². The van der Waals surface area contributed by atoms with Crippen molar-refractivity contribution in [2.45, 2.75) is 51.0 Å². The summed E-state index contributed by atoms with van der Waals surface area (Å²) < 4.78 is 0. The lowest BCUT2D eigenvalue weighted by atomic mass is 9.89. The van der Waals surface area contributed by atoms with Crippen LogP contribution in [0.2, 0.25) is 0 Å². The van der Waals surface area contributed by atoms with Crippen LogP contribution in [0.5, 0.6) is 0 Å². The molecule has 2 fully saturated rings. The van der Waals surface area contributed by atoms with Gasteiger partial charge in [0, 0.05) is 13.1 Å². The van der Waals surface area contributed by atoms with Crippen molar-refractivity contribution in [2.75, 3.05) is 26.2 Å². The molecule has 3 rings (SSSR count). The van der Waals surface area contributed by atoms with Gasteiger partial charge in [0.05, 0.1) is 6.04 Å². The molecule has 0 amide bonds. The molecule has 5 heteroatoms. The van der Waals surface area contributed by atoms with E-state index in [1.54, 1.807) is 0 Å². The van der Waals surface area contributed by atoms with Crippen LogP contribution in [0.3, 0.4) is 0 Å². The SMILES string of the molecule is ClC1=NC2CCCCC2=C(NCCN2CCCCC2)N1. The minimum atomic E-state index is 0.315. The Bertz CT molecular complexity index is 399. The van der Waals surface area contributed by atoms with Crippen LogP contribution < -0.4 is 10.6 Å². The molecule has 112 valence electrons. The van der Waals surface area contributed by atoms with Gasteiger partial charge in [-0.25, -0.2) is 4.99 Å². The average molecular weight is 297 g/mol. The number of amidine groups is 1. The lowest BCUT2D eigenvalue weighted by Crippen LogP contribution is -2.41. The van der Waals surface area contributed by atoms with Crippen molar-refractivity contribution < 1.29 is 0 Å². The van der Waals surface area contributed by atoms with Crippen LogP contribution in [0.25, 0.3) is 0 Å². The van der Waals surface area contributed by atoms with Crippen LogP contribution in [0.15, 0.2) is 16.4 Å². The van der Waals surface area contributed by atoms with Crippen LogP contribution >= 0.6 is 11.6 Å². The van der Waals surface area contributed by atoms with Crippen molar-refractivity contribution in [1.82, 2.24) is 15.5 Å². The molecule has 1 saturated carbocycles. The first kappa shape index (κ1) is 14.2. The third kappa shape index (κ3) is 3.47. The number of fused-ring (bicyclic) bond motifs is 1. The molecule has 2 heterocycles. The summed E-state index contributed by atoms with van der Waals surface area (Å²) in [6.07, 6.45) is 8.94. The molecule has 0 bridgehead atoms. The number of rotatable bonds is 4. The Morgan fingerprint density at radius 3 is 2.90 bits per heavy atom. The molecule has 3 aliphatic rings. The van der Waals surface area contributed by atoms with Gasteiger partial charge in [0.1, 0.15) is 5.82 Å². The predicted octanol–water partition coefficient (Wildman–Crippen LogP) is 2.41. The molecule has 0 spiro atoms. The lowest BCUT2D eigenvalue weighted by Gasteiger charge is -2.31. The topological polar surface area (TPSA) is 39.7 Å². The van der Waals surface area contributed by atoms with Crippen molar-refractivity contribution in [3.63, 3.8) is 0 Å². The van der Waals surface area contributed by atoms with Gasteiger partial charge in [0.15, 0.2) is 5.29 Å². The van der Waals surface area contributed by atoms with Crippen LogP contribution in [0.4, 0.5) is 0 Å². The smallest absolute Gasteiger partial charge is 0.197 e. The number of hydrogen-bond donors (Lipinski definition) is 2. The van der Waals surface area contributed by atoms with Crippen molar-refractivity contribution in [2.24, 2.45) is 4.99 Å². The summed E-state index contributed by atoms with van der Waals surface area (Å²) in [6, 6.07) is 0.315. The van der Waals surface area contributed by atoms with Gasteiger partial charge in [0.2, 0.25) is 0 Å². The zero-order valence-corrected chi connectivity index (χ0v) is 12.9. The third-order valence-corrected chi connectivity index (χ3v) is 4.76. The van der Waals surface area contributed by atoms with E-state index in [9.17, 15) is 0 Å². The van der Waals surface area contributed by atoms with Gasteiger partial charge in [-0.05, 0) is 62.4 Å². The van der Waals surface area contributed by atoms with Gasteiger partial charge in [-0.15, -0.1) is 0 Å². The van der Waals surface area contributed by atoms with Gasteiger partial charge >= 0.3 is 0 Å². The second kappa shape index (κ2) is 6.81. The van der Waals surface area contributed by atoms with Crippen molar-refractivity contribution in [3.8, 4) is 0 Å². The number of halogens is 1. The second-order valence-corrected chi connectivity index (χ2v) is 6.39. The average Bonchev–Trinajstić information content (AvgIpc) is 2.48. The highest BCUT2D eigenvalue weighted by atomic mass is 35.5. The fourth-order valence-corrected chi connectivity index (χ4v) is 3.67. The molecule has 4 nitrogen and oxygen atoms in total. The summed E-state index contributed by atoms with van der Waals surface area (Å²) in [5.74, 6) is 1.13. The molecule has 0 radical (unpaired) electrons. The highest BCUT2D eigenvalue weighted by Gasteiger charge is 2.26. The summed E-state index contributed by atoms with van der Waals surface area (Å²) in [6.45, 7) is 4.62. The van der Waals surface area contributed by atoms with Crippen molar-refractivity contribution in [3.05, 3.63) is 11.4 Å². The summed E-state index contributed by atoms with van der Waals surface area (Å²) in [4.78, 5) is 7.07. The van der Waals surface area contributed by atoms with Gasteiger partial charge < -0.3 is 15.5 Å². The molecule has 1 aliphatic carbocycles. The van der Waals surface area contributed by atoms with Crippen molar-refractivity contribution in [1.29, 1.82) is 0 Å². The zero-order chi connectivity index (χ0) is 13.8. The molecule has 20 heavy (non-hydrogen) atoms. The van der Waals surface area contributed by atoms with E-state index in [2.05, 4.69) is 20.5 Å². The Balaban J connectivity index is 1.53. The Hall–Kier alpha value is -0.740. The molecule has 0 aromatic rings. The van der Waals surface area contributed by atoms with Gasteiger partial charge in [-0.2, -0.15) is 0 Å². The Morgan fingerprint density at radius 2 is 2.05 bits per heavy atom. The Morgan fingerprint density at radius 1 is 1.20 bits per heavy atom. The Labute approximate surface area is 126 Å². The van der Waals surface area contributed by atoms with Crippen LogP contribution in [-0.2, 0) is 0 Å². The predicted molar refractivity (Wildman–Crippen MR) is 84.0 cm³/mol. The van der Waals surface area contributed by atoms with E-state index in [1.165, 1.54) is 50.8 Å². The summed E-state index contributed by atoms with van der Waals surface area (Å²) in [7, 11) is 0. The van der Waals surface area contributed by atoms with Crippen LogP contribution in [0.1, 0.15) is 44.9 Å². The maximum Gasteiger partial charge on any atom is 0.197 e. The fraction of sp³-hybridized carbons (Fsp3) is 0.800. The van der Waals surface area contributed by atoms with E-state index in [1.807, 2.05) is 0 Å². The number of nitrogens with one attached hydrogen (secondary N) is 2. The zero-order valence-electron chi connectivity index (χ0n) is 12.1. The van der Waals surface area contributed by atoms with E-state index in [0.717, 1.165) is 31.8 Å². The first-order valence-electron chi connectivity index (χ1n) is 8.02. The molecule has 1 saturated heterocycles. The van der Waals surface area contributed by atoms with Gasteiger partial charge in [-0.1, -0.05) is 12.8 Å². The van der Waals surface area contributed by atoms with E-state index in [0.29, 0.717) is 11.3 Å². The van der Waals surface area contributed by atoms with E-state index in [4.69, 9.17) is 11.6 Å². The highest BCUT2D eigenvalue weighted by Crippen LogP contribution is 2.29. The minimum absolute atomic E-state index is 0.315. The summed E-state index contributed by atoms with van der Waals surface area (Å²) in [5.41, 5.74) is 1.43. The molecular weight excluding hydrogens is 272 g/mol. The van der Waals surface area contributed by atoms with Gasteiger partial charge in [-0.3, -0.25) is 0 Å². The Kier molecular flexibility index (Phi) is 4.84. The quantitative estimate of drug-likeness (QED) is 0.783. The maximum atomic E-state index is 6.11. The molecule has 0 aromatic heterocycles. The first-order valence-corrected chi connectivity index (χ1v) is 8.40. The normalized spacial score (nSPS) is 27.6. The molecule has 0 aromatic carbocycles. The largest absolute Gasteiger partial charge is 0.370 e. The third-order valence-electron chi connectivity index (χ3n) is 4.57. The van der Waals surface area contributed by atoms with Crippen molar-refractivity contribution >= 4 is 16.9 Å². The molecule has 2 N–H and O–H groups in total. The standard InChI is InChI=1S/C15H25ClN4/c16-15-18-13-7-3-2-6-12(13)14(19-15)17-8-11-20-9-4-1-5-10-20/h13,17H,1-11H2,(H,18,19). The number of aliphatic imine (C=N–C) groups is 1. The number of piperidine rings is 1. The highest BCUT2D eigenvalue weighted by molar-refractivity contribution is 6.65. The molecular formula is C15H25ClN4. The number of likely N-dealkylation sites (tertiary alicyclic amines) is 1. The monoisotopic (exact) mass is 296 g/mol. The summed E-state index contributed by atoms with van der Waals surface area (Å²) in [5, 5.41) is 7.32. The van der Waals surface area contributed by atoms with E-state index < -0.39 is 0 Å². The minimum Gasteiger partial charge on any atom is -0.370 e. The molecule has 1 unspecified atom stereocenters. The lowest BCUT2D eigenvalue weighted by molar-refractivity contribution is 0.230. The van der Waals surface area contributed by atoms with E-state index >= 15 is 0 Å². The first-order chi connectivity index (χ1) is 9.83.